The molecule has 0 aliphatic carbocycles. The van der Waals surface area contributed by atoms with Crippen LogP contribution in [0.4, 0.5) is 0 Å². The number of nitrogens with zero attached hydrogens (tertiary/aromatic N) is 1. The van der Waals surface area contributed by atoms with E-state index in [4.69, 9.17) is 14.2 Å². The topological polar surface area (TPSA) is 127 Å². The summed E-state index contributed by atoms with van der Waals surface area (Å²) in [5.74, 6) is -0.633. The number of rotatable bonds is 7. The molecule has 9 nitrogen and oxygen atoms in total. The first-order valence-electron chi connectivity index (χ1n) is 9.31. The maximum absolute atomic E-state index is 12.4. The number of carbonyl (C=O) groups excluding carboxylic acids is 2. The van der Waals surface area contributed by atoms with E-state index in [1.807, 2.05) is 0 Å². The molecule has 9 heteroatoms. The van der Waals surface area contributed by atoms with Gasteiger partial charge in [-0.05, 0) is 60.2 Å². The van der Waals surface area contributed by atoms with Gasteiger partial charge in [0.05, 0.1) is 31.6 Å². The summed E-state index contributed by atoms with van der Waals surface area (Å²) in [4.78, 5) is 24.5. The fraction of sp³-hybridized carbons (Fsp3) is 0.0870. The van der Waals surface area contributed by atoms with Crippen molar-refractivity contribution in [3.63, 3.8) is 0 Å². The fourth-order valence-electron chi connectivity index (χ4n) is 2.67. The zero-order valence-corrected chi connectivity index (χ0v) is 17.2. The van der Waals surface area contributed by atoms with Crippen LogP contribution in [0, 0.1) is 0 Å². The van der Waals surface area contributed by atoms with Gasteiger partial charge in [-0.1, -0.05) is 0 Å². The van der Waals surface area contributed by atoms with Gasteiger partial charge in [-0.25, -0.2) is 10.2 Å². The molecule has 0 fully saturated rings. The van der Waals surface area contributed by atoms with E-state index in [2.05, 4.69) is 10.5 Å². The minimum absolute atomic E-state index is 0.0432. The van der Waals surface area contributed by atoms with Crippen molar-refractivity contribution in [3.05, 3.63) is 77.4 Å². The van der Waals surface area contributed by atoms with Crippen LogP contribution in [0.5, 0.6) is 28.7 Å². The lowest BCUT2D eigenvalue weighted by Crippen LogP contribution is -2.17. The van der Waals surface area contributed by atoms with E-state index in [1.165, 1.54) is 38.6 Å². The molecule has 0 spiro atoms. The molecule has 0 heterocycles. The lowest BCUT2D eigenvalue weighted by molar-refractivity contribution is 0.0729. The van der Waals surface area contributed by atoms with Crippen molar-refractivity contribution in [1.82, 2.24) is 5.43 Å². The number of carbonyl (C=O) groups is 2. The molecular formula is C23H20N2O7. The highest BCUT2D eigenvalue weighted by atomic mass is 16.6. The van der Waals surface area contributed by atoms with E-state index in [0.29, 0.717) is 22.6 Å². The zero-order chi connectivity index (χ0) is 23.1. The predicted octanol–water partition coefficient (Wildman–Crippen LogP) is 3.10. The van der Waals surface area contributed by atoms with Crippen molar-refractivity contribution < 1.29 is 34.0 Å². The Labute approximate surface area is 183 Å². The number of methoxy groups -OCH3 is 2. The zero-order valence-electron chi connectivity index (χ0n) is 17.2. The summed E-state index contributed by atoms with van der Waals surface area (Å²) in [6.07, 6.45) is 1.35. The van der Waals surface area contributed by atoms with E-state index in [0.717, 1.165) is 6.07 Å². The first kappa shape index (κ1) is 22.2. The van der Waals surface area contributed by atoms with Gasteiger partial charge in [0.1, 0.15) is 17.2 Å². The van der Waals surface area contributed by atoms with Crippen LogP contribution in [0.3, 0.4) is 0 Å². The number of hydrogen-bond acceptors (Lipinski definition) is 8. The number of benzene rings is 3. The van der Waals surface area contributed by atoms with Crippen LogP contribution >= 0.6 is 0 Å². The Balaban J connectivity index is 1.67. The maximum atomic E-state index is 12.4. The van der Waals surface area contributed by atoms with Gasteiger partial charge in [0.2, 0.25) is 0 Å². The number of esters is 1. The maximum Gasteiger partial charge on any atom is 0.343 e. The molecule has 0 unspecified atom stereocenters. The Hall–Kier alpha value is -4.53. The molecule has 1 amide bonds. The van der Waals surface area contributed by atoms with Gasteiger partial charge < -0.3 is 24.4 Å². The summed E-state index contributed by atoms with van der Waals surface area (Å²) in [5.41, 5.74) is 3.13. The molecule has 32 heavy (non-hydrogen) atoms. The average Bonchev–Trinajstić information content (AvgIpc) is 2.79. The van der Waals surface area contributed by atoms with Crippen molar-refractivity contribution in [1.29, 1.82) is 0 Å². The lowest BCUT2D eigenvalue weighted by atomic mass is 10.2. The molecule has 3 aromatic rings. The second-order valence-corrected chi connectivity index (χ2v) is 6.43. The molecule has 0 aromatic heterocycles. The van der Waals surface area contributed by atoms with Crippen molar-refractivity contribution in [3.8, 4) is 28.7 Å². The number of ether oxygens (including phenoxy) is 3. The highest BCUT2D eigenvalue weighted by Crippen LogP contribution is 2.28. The van der Waals surface area contributed by atoms with Gasteiger partial charge in [-0.15, -0.1) is 0 Å². The van der Waals surface area contributed by atoms with Crippen LogP contribution in [0.25, 0.3) is 0 Å². The number of hydrogen-bond donors (Lipinski definition) is 3. The van der Waals surface area contributed by atoms with Crippen molar-refractivity contribution in [2.24, 2.45) is 5.10 Å². The van der Waals surface area contributed by atoms with Crippen LogP contribution < -0.4 is 19.6 Å². The number of amides is 1. The van der Waals surface area contributed by atoms with Gasteiger partial charge in [0.15, 0.2) is 11.5 Å². The molecule has 0 aliphatic rings. The molecule has 0 saturated carbocycles. The summed E-state index contributed by atoms with van der Waals surface area (Å²) in [6.45, 7) is 0. The third kappa shape index (κ3) is 5.33. The molecule has 0 atom stereocenters. The highest BCUT2D eigenvalue weighted by Gasteiger charge is 2.14. The van der Waals surface area contributed by atoms with Crippen LogP contribution in [-0.4, -0.2) is 42.5 Å². The van der Waals surface area contributed by atoms with Crippen LogP contribution in [-0.2, 0) is 0 Å². The quantitative estimate of drug-likeness (QED) is 0.225. The molecular weight excluding hydrogens is 416 g/mol. The number of aromatic hydroxyl groups is 2. The number of nitrogens with one attached hydrogen (secondary N) is 1. The normalized spacial score (nSPS) is 10.6. The smallest absolute Gasteiger partial charge is 0.343 e. The SMILES string of the molecule is COc1ccc(C(=O)Oc2ccc(/C=N/NC(=O)c3ccc(O)cc3O)cc2OC)cc1. The molecule has 3 rings (SSSR count). The largest absolute Gasteiger partial charge is 0.508 e. The molecule has 0 aliphatic heterocycles. The van der Waals surface area contributed by atoms with Crippen molar-refractivity contribution >= 4 is 18.1 Å². The Kier molecular flexibility index (Phi) is 6.92. The van der Waals surface area contributed by atoms with Crippen molar-refractivity contribution in [2.45, 2.75) is 0 Å². The van der Waals surface area contributed by atoms with E-state index in [9.17, 15) is 19.8 Å². The van der Waals surface area contributed by atoms with Gasteiger partial charge in [-0.2, -0.15) is 5.10 Å². The Morgan fingerprint density at radius 2 is 1.66 bits per heavy atom. The minimum Gasteiger partial charge on any atom is -0.508 e. The highest BCUT2D eigenvalue weighted by molar-refractivity contribution is 5.97. The van der Waals surface area contributed by atoms with Crippen LogP contribution in [0.15, 0.2) is 65.8 Å². The standard InChI is InChI=1S/C23H20N2O7/c1-30-17-7-4-15(5-8-17)23(29)32-20-10-3-14(11-21(20)31-2)13-24-25-22(28)18-9-6-16(26)12-19(18)27/h3-13,26-27H,1-2H3,(H,25,28)/b24-13+. The average molecular weight is 436 g/mol. The molecule has 0 bridgehead atoms. The van der Waals surface area contributed by atoms with E-state index in [1.54, 1.807) is 36.4 Å². The molecule has 3 aromatic carbocycles. The molecule has 164 valence electrons. The number of phenols is 2. The lowest BCUT2D eigenvalue weighted by Gasteiger charge is -2.10. The fourth-order valence-corrected chi connectivity index (χ4v) is 2.67. The summed E-state index contributed by atoms with van der Waals surface area (Å²) in [6, 6.07) is 14.8. The van der Waals surface area contributed by atoms with Gasteiger partial charge in [0.25, 0.3) is 5.91 Å². The molecule has 3 N–H and O–H groups in total. The second kappa shape index (κ2) is 9.98. The minimum atomic E-state index is -0.657. The van der Waals surface area contributed by atoms with Crippen molar-refractivity contribution in [2.75, 3.05) is 14.2 Å². The second-order valence-electron chi connectivity index (χ2n) is 6.43. The monoisotopic (exact) mass is 436 g/mol. The summed E-state index contributed by atoms with van der Waals surface area (Å²) < 4.78 is 15.8. The van der Waals surface area contributed by atoms with E-state index < -0.39 is 11.9 Å². The summed E-state index contributed by atoms with van der Waals surface area (Å²) >= 11 is 0. The molecule has 0 radical (unpaired) electrons. The summed E-state index contributed by atoms with van der Waals surface area (Å²) in [5, 5.41) is 22.8. The first-order chi connectivity index (χ1) is 15.4. The van der Waals surface area contributed by atoms with E-state index in [-0.39, 0.29) is 22.8 Å². The third-order valence-corrected chi connectivity index (χ3v) is 4.32. The summed E-state index contributed by atoms with van der Waals surface area (Å²) in [7, 11) is 2.96. The van der Waals surface area contributed by atoms with Crippen LogP contribution in [0.2, 0.25) is 0 Å². The molecule has 0 saturated heterocycles. The van der Waals surface area contributed by atoms with Crippen LogP contribution in [0.1, 0.15) is 26.3 Å². The van der Waals surface area contributed by atoms with E-state index >= 15 is 0 Å². The Morgan fingerprint density at radius 3 is 2.31 bits per heavy atom. The first-order valence-corrected chi connectivity index (χ1v) is 9.31. The predicted molar refractivity (Wildman–Crippen MR) is 116 cm³/mol. The Bertz CT molecular complexity index is 1160. The van der Waals surface area contributed by atoms with Gasteiger partial charge >= 0.3 is 5.97 Å². The van der Waals surface area contributed by atoms with Gasteiger partial charge in [-0.3, -0.25) is 4.79 Å². The number of hydrazone groups is 1. The van der Waals surface area contributed by atoms with Gasteiger partial charge in [0, 0.05) is 6.07 Å². The number of phenolic OH excluding ortho intramolecular Hbond substituents is 2. The Morgan fingerprint density at radius 1 is 0.906 bits per heavy atom. The third-order valence-electron chi connectivity index (χ3n) is 4.32.